The van der Waals surface area contributed by atoms with E-state index in [2.05, 4.69) is 15.6 Å². The molecule has 110 valence electrons. The monoisotopic (exact) mass is 297 g/mol. The Morgan fingerprint density at radius 3 is 2.85 bits per heavy atom. The first-order valence-corrected chi connectivity index (χ1v) is 8.35. The molecule has 1 fully saturated rings. The van der Waals surface area contributed by atoms with Crippen LogP contribution in [0.5, 0.6) is 0 Å². The molecule has 1 unspecified atom stereocenters. The Labute approximate surface area is 118 Å². The van der Waals surface area contributed by atoms with Crippen LogP contribution in [-0.4, -0.2) is 43.4 Å². The molecule has 0 saturated carbocycles. The van der Waals surface area contributed by atoms with Gasteiger partial charge in [0.25, 0.3) is 0 Å². The van der Waals surface area contributed by atoms with E-state index in [1.807, 2.05) is 19.9 Å². The second-order valence-corrected chi connectivity index (χ2v) is 7.42. The van der Waals surface area contributed by atoms with Gasteiger partial charge in [0.15, 0.2) is 9.84 Å². The van der Waals surface area contributed by atoms with Gasteiger partial charge < -0.3 is 10.6 Å². The predicted molar refractivity (Wildman–Crippen MR) is 77.4 cm³/mol. The zero-order valence-electron chi connectivity index (χ0n) is 11.6. The zero-order valence-corrected chi connectivity index (χ0v) is 12.5. The molecule has 1 amide bonds. The van der Waals surface area contributed by atoms with Gasteiger partial charge in [-0.1, -0.05) is 0 Å². The van der Waals surface area contributed by atoms with Gasteiger partial charge in [0.2, 0.25) is 5.91 Å². The van der Waals surface area contributed by atoms with E-state index in [0.717, 1.165) is 11.3 Å². The molecule has 1 aliphatic rings. The summed E-state index contributed by atoms with van der Waals surface area (Å²) in [5.41, 5.74) is 1.85. The van der Waals surface area contributed by atoms with E-state index < -0.39 is 9.84 Å². The number of aromatic nitrogens is 1. The second-order valence-electron chi connectivity index (χ2n) is 5.19. The minimum atomic E-state index is -3.02. The van der Waals surface area contributed by atoms with Gasteiger partial charge in [-0.05, 0) is 31.5 Å². The Kier molecular flexibility index (Phi) is 4.39. The number of carbonyl (C=O) groups is 1. The highest BCUT2D eigenvalue weighted by Crippen LogP contribution is 2.11. The number of nitrogens with zero attached hydrogens (tertiary/aromatic N) is 1. The van der Waals surface area contributed by atoms with Crippen LogP contribution in [0.1, 0.15) is 17.7 Å². The Morgan fingerprint density at radius 1 is 1.45 bits per heavy atom. The minimum absolute atomic E-state index is 0.0146. The molecule has 0 spiro atoms. The molecule has 1 aromatic heterocycles. The SMILES string of the molecule is Cc1cc(C)nc(NC(=O)CC2CS(=O)(=O)CCN2)c1. The number of hydrogen-bond acceptors (Lipinski definition) is 5. The number of hydrogen-bond donors (Lipinski definition) is 2. The summed E-state index contributed by atoms with van der Waals surface area (Å²) < 4.78 is 23.0. The normalized spacial score (nSPS) is 21.4. The van der Waals surface area contributed by atoms with E-state index in [9.17, 15) is 13.2 Å². The fraction of sp³-hybridized carbons (Fsp3) is 0.538. The molecule has 0 radical (unpaired) electrons. The van der Waals surface area contributed by atoms with Crippen LogP contribution in [0.15, 0.2) is 12.1 Å². The van der Waals surface area contributed by atoms with Gasteiger partial charge >= 0.3 is 0 Å². The lowest BCUT2D eigenvalue weighted by atomic mass is 10.2. The Morgan fingerprint density at radius 2 is 2.20 bits per heavy atom. The quantitative estimate of drug-likeness (QED) is 0.844. The highest BCUT2D eigenvalue weighted by atomic mass is 32.2. The molecule has 20 heavy (non-hydrogen) atoms. The molecule has 2 rings (SSSR count). The first kappa shape index (κ1) is 14.9. The smallest absolute Gasteiger partial charge is 0.227 e. The standard InChI is InChI=1S/C13H19N3O3S/c1-9-5-10(2)15-12(6-9)16-13(17)7-11-8-20(18,19)4-3-14-11/h5-6,11,14H,3-4,7-8H2,1-2H3,(H,15,16,17). The van der Waals surface area contributed by atoms with Crippen LogP contribution in [-0.2, 0) is 14.6 Å². The van der Waals surface area contributed by atoms with Gasteiger partial charge in [-0.3, -0.25) is 4.79 Å². The van der Waals surface area contributed by atoms with E-state index >= 15 is 0 Å². The Balaban J connectivity index is 1.95. The van der Waals surface area contributed by atoms with Crippen LogP contribution < -0.4 is 10.6 Å². The molecular weight excluding hydrogens is 278 g/mol. The van der Waals surface area contributed by atoms with Crippen LogP contribution in [0.3, 0.4) is 0 Å². The molecule has 1 aliphatic heterocycles. The molecular formula is C13H19N3O3S. The van der Waals surface area contributed by atoms with Gasteiger partial charge in [-0.15, -0.1) is 0 Å². The maximum absolute atomic E-state index is 11.9. The number of sulfone groups is 1. The van der Waals surface area contributed by atoms with Crippen molar-refractivity contribution in [1.29, 1.82) is 0 Å². The van der Waals surface area contributed by atoms with Crippen LogP contribution in [0.2, 0.25) is 0 Å². The summed E-state index contributed by atoms with van der Waals surface area (Å²) >= 11 is 0. The van der Waals surface area contributed by atoms with Crippen molar-refractivity contribution in [3.05, 3.63) is 23.4 Å². The number of amides is 1. The van der Waals surface area contributed by atoms with Gasteiger partial charge in [-0.2, -0.15) is 0 Å². The molecule has 0 aromatic carbocycles. The number of anilines is 1. The summed E-state index contributed by atoms with van der Waals surface area (Å²) in [5, 5.41) is 5.77. The first-order chi connectivity index (χ1) is 9.34. The van der Waals surface area contributed by atoms with E-state index in [-0.39, 0.29) is 29.9 Å². The Bertz CT molecular complexity index is 593. The third kappa shape index (κ3) is 4.28. The van der Waals surface area contributed by atoms with E-state index in [1.165, 1.54) is 0 Å². The fourth-order valence-corrected chi connectivity index (χ4v) is 3.77. The van der Waals surface area contributed by atoms with Crippen LogP contribution >= 0.6 is 0 Å². The first-order valence-electron chi connectivity index (χ1n) is 6.53. The van der Waals surface area contributed by atoms with Crippen molar-refractivity contribution in [3.8, 4) is 0 Å². The van der Waals surface area contributed by atoms with Crippen molar-refractivity contribution in [3.63, 3.8) is 0 Å². The predicted octanol–water partition coefficient (Wildman–Crippen LogP) is 0.414. The van der Waals surface area contributed by atoms with Crippen molar-refractivity contribution in [2.75, 3.05) is 23.4 Å². The molecule has 1 atom stereocenters. The largest absolute Gasteiger partial charge is 0.311 e. The Hall–Kier alpha value is -1.47. The molecule has 0 aliphatic carbocycles. The van der Waals surface area contributed by atoms with Gasteiger partial charge in [0.05, 0.1) is 11.5 Å². The summed E-state index contributed by atoms with van der Waals surface area (Å²) in [6, 6.07) is 3.39. The number of aryl methyl sites for hydroxylation is 2. The van der Waals surface area contributed by atoms with Gasteiger partial charge in [0, 0.05) is 24.7 Å². The zero-order chi connectivity index (χ0) is 14.8. The molecule has 1 saturated heterocycles. The summed E-state index contributed by atoms with van der Waals surface area (Å²) in [7, 11) is -3.02. The highest BCUT2D eigenvalue weighted by molar-refractivity contribution is 7.91. The second kappa shape index (κ2) is 5.88. The highest BCUT2D eigenvalue weighted by Gasteiger charge is 2.26. The van der Waals surface area contributed by atoms with Crippen LogP contribution in [0, 0.1) is 13.8 Å². The molecule has 2 heterocycles. The summed E-state index contributed by atoms with van der Waals surface area (Å²) in [5.74, 6) is 0.438. The van der Waals surface area contributed by atoms with Crippen molar-refractivity contribution in [2.45, 2.75) is 26.3 Å². The summed E-state index contributed by atoms with van der Waals surface area (Å²) in [6.07, 6.45) is 0.133. The maximum Gasteiger partial charge on any atom is 0.227 e. The number of carbonyl (C=O) groups excluding carboxylic acids is 1. The average molecular weight is 297 g/mol. The number of pyridine rings is 1. The van der Waals surface area contributed by atoms with Crippen LogP contribution in [0.25, 0.3) is 0 Å². The van der Waals surface area contributed by atoms with E-state index in [1.54, 1.807) is 6.07 Å². The van der Waals surface area contributed by atoms with E-state index in [4.69, 9.17) is 0 Å². The van der Waals surface area contributed by atoms with Crippen LogP contribution in [0.4, 0.5) is 5.82 Å². The number of rotatable bonds is 3. The average Bonchev–Trinajstić information content (AvgIpc) is 2.25. The van der Waals surface area contributed by atoms with Crippen molar-refractivity contribution in [2.24, 2.45) is 0 Å². The lowest BCUT2D eigenvalue weighted by molar-refractivity contribution is -0.116. The molecule has 1 aromatic rings. The van der Waals surface area contributed by atoms with E-state index in [0.29, 0.717) is 12.4 Å². The third-order valence-corrected chi connectivity index (χ3v) is 4.83. The van der Waals surface area contributed by atoms with Gasteiger partial charge in [-0.25, -0.2) is 13.4 Å². The lowest BCUT2D eigenvalue weighted by Gasteiger charge is -2.23. The molecule has 0 bridgehead atoms. The van der Waals surface area contributed by atoms with Crippen molar-refractivity contribution in [1.82, 2.24) is 10.3 Å². The summed E-state index contributed by atoms with van der Waals surface area (Å²) in [4.78, 5) is 16.2. The minimum Gasteiger partial charge on any atom is -0.311 e. The molecule has 6 nitrogen and oxygen atoms in total. The topological polar surface area (TPSA) is 88.2 Å². The van der Waals surface area contributed by atoms with Crippen molar-refractivity contribution >= 4 is 21.6 Å². The fourth-order valence-electron chi connectivity index (χ4n) is 2.32. The van der Waals surface area contributed by atoms with Crippen molar-refractivity contribution < 1.29 is 13.2 Å². The molecule has 7 heteroatoms. The van der Waals surface area contributed by atoms with Gasteiger partial charge in [0.1, 0.15) is 5.82 Å². The maximum atomic E-state index is 11.9. The number of nitrogens with one attached hydrogen (secondary N) is 2. The third-order valence-electron chi connectivity index (χ3n) is 3.10. The summed E-state index contributed by atoms with van der Waals surface area (Å²) in [6.45, 7) is 4.19. The molecule has 2 N–H and O–H groups in total. The lowest BCUT2D eigenvalue weighted by Crippen LogP contribution is -2.46.